The highest BCUT2D eigenvalue weighted by molar-refractivity contribution is 6.01. The van der Waals surface area contributed by atoms with Crippen LogP contribution in [0, 0.1) is 11.8 Å². The zero-order chi connectivity index (χ0) is 26.8. The summed E-state index contributed by atoms with van der Waals surface area (Å²) in [6.07, 6.45) is 15.6. The summed E-state index contributed by atoms with van der Waals surface area (Å²) in [5, 5.41) is 10.7. The standard InChI is InChI=1S/C31H40N4O4/c1-21-2-4-22(5-3-21)28(34-29(36)24-19-32-35(20-24)26-9-14-38-15-10-26)30(37)33-25-6-7-27-23(18-25)8-11-31(27)12-16-39-17-13-31/h6-8,11,18-22,26,28H,2-5,9-10,12-17H2,1H3,(H,33,37)(H,34,36). The molecule has 4 aliphatic rings. The van der Waals surface area contributed by atoms with Crippen molar-refractivity contribution in [2.24, 2.45) is 11.8 Å². The molecule has 1 unspecified atom stereocenters. The first kappa shape index (κ1) is 26.3. The number of amides is 2. The number of carbonyl (C=O) groups is 2. The zero-order valence-corrected chi connectivity index (χ0v) is 22.9. The van der Waals surface area contributed by atoms with E-state index in [1.165, 1.54) is 5.56 Å². The number of nitrogens with zero attached hydrogens (tertiary/aromatic N) is 2. The van der Waals surface area contributed by atoms with E-state index in [1.807, 2.05) is 16.9 Å². The van der Waals surface area contributed by atoms with Crippen molar-refractivity contribution in [3.8, 4) is 0 Å². The molecule has 3 fully saturated rings. The Morgan fingerprint density at radius 1 is 1.03 bits per heavy atom. The molecule has 2 N–H and O–H groups in total. The zero-order valence-electron chi connectivity index (χ0n) is 22.9. The van der Waals surface area contributed by atoms with Crippen molar-refractivity contribution in [2.45, 2.75) is 75.8 Å². The molecule has 8 nitrogen and oxygen atoms in total. The molecule has 8 heteroatoms. The van der Waals surface area contributed by atoms with Gasteiger partial charge in [-0.2, -0.15) is 5.10 Å². The second-order valence-electron chi connectivity index (χ2n) is 11.9. The number of fused-ring (bicyclic) bond motifs is 2. The summed E-state index contributed by atoms with van der Waals surface area (Å²) in [6.45, 7) is 5.23. The molecule has 2 aliphatic carbocycles. The first-order valence-corrected chi connectivity index (χ1v) is 14.7. The summed E-state index contributed by atoms with van der Waals surface area (Å²) < 4.78 is 12.9. The van der Waals surface area contributed by atoms with Crippen LogP contribution in [0.1, 0.15) is 85.8 Å². The molecule has 1 spiro atoms. The van der Waals surface area contributed by atoms with E-state index in [2.05, 4.69) is 46.9 Å². The third-order valence-corrected chi connectivity index (χ3v) is 9.35. The summed E-state index contributed by atoms with van der Waals surface area (Å²) in [4.78, 5) is 27.1. The van der Waals surface area contributed by atoms with E-state index in [4.69, 9.17) is 9.47 Å². The van der Waals surface area contributed by atoms with Crippen molar-refractivity contribution in [3.05, 3.63) is 53.4 Å². The molecule has 1 atom stereocenters. The summed E-state index contributed by atoms with van der Waals surface area (Å²) in [7, 11) is 0. The van der Waals surface area contributed by atoms with Crippen LogP contribution in [-0.4, -0.2) is 54.1 Å². The smallest absolute Gasteiger partial charge is 0.255 e. The molecule has 0 radical (unpaired) electrons. The van der Waals surface area contributed by atoms with E-state index < -0.39 is 6.04 Å². The molecular formula is C31H40N4O4. The largest absolute Gasteiger partial charge is 0.381 e. The maximum absolute atomic E-state index is 13.7. The number of hydrogen-bond donors (Lipinski definition) is 2. The van der Waals surface area contributed by atoms with Gasteiger partial charge in [-0.3, -0.25) is 14.3 Å². The number of aromatic nitrogens is 2. The van der Waals surface area contributed by atoms with Crippen molar-refractivity contribution >= 4 is 23.6 Å². The molecule has 1 aromatic carbocycles. The molecule has 3 heterocycles. The number of anilines is 1. The highest BCUT2D eigenvalue weighted by Gasteiger charge is 2.37. The maximum Gasteiger partial charge on any atom is 0.255 e. The van der Waals surface area contributed by atoms with Crippen molar-refractivity contribution < 1.29 is 19.1 Å². The summed E-state index contributed by atoms with van der Waals surface area (Å²) in [6, 6.07) is 5.86. The Morgan fingerprint density at radius 2 is 1.77 bits per heavy atom. The quantitative estimate of drug-likeness (QED) is 0.553. The number of hydrogen-bond acceptors (Lipinski definition) is 5. The van der Waals surface area contributed by atoms with Crippen LogP contribution in [0.4, 0.5) is 5.69 Å². The summed E-state index contributed by atoms with van der Waals surface area (Å²) >= 11 is 0. The predicted molar refractivity (Wildman–Crippen MR) is 150 cm³/mol. The fourth-order valence-corrected chi connectivity index (χ4v) is 6.81. The van der Waals surface area contributed by atoms with Gasteiger partial charge in [0.25, 0.3) is 5.91 Å². The topological polar surface area (TPSA) is 94.5 Å². The monoisotopic (exact) mass is 532 g/mol. The fraction of sp³-hybridized carbons (Fsp3) is 0.581. The summed E-state index contributed by atoms with van der Waals surface area (Å²) in [5.41, 5.74) is 3.79. The second kappa shape index (κ2) is 11.3. The van der Waals surface area contributed by atoms with Gasteiger partial charge in [0.05, 0.1) is 17.8 Å². The Morgan fingerprint density at radius 3 is 2.54 bits per heavy atom. The van der Waals surface area contributed by atoms with Crippen LogP contribution < -0.4 is 10.6 Å². The molecule has 2 amide bonds. The molecule has 6 rings (SSSR count). The van der Waals surface area contributed by atoms with E-state index in [-0.39, 0.29) is 29.2 Å². The Kier molecular flexibility index (Phi) is 7.58. The lowest BCUT2D eigenvalue weighted by Gasteiger charge is -2.33. The first-order valence-electron chi connectivity index (χ1n) is 14.7. The van der Waals surface area contributed by atoms with Crippen LogP contribution in [0.25, 0.3) is 6.08 Å². The normalized spacial score (nSPS) is 25.3. The number of allylic oxidation sites excluding steroid dienone is 1. The van der Waals surface area contributed by atoms with Gasteiger partial charge >= 0.3 is 0 Å². The molecule has 0 bridgehead atoms. The van der Waals surface area contributed by atoms with Crippen LogP contribution in [-0.2, 0) is 19.7 Å². The Bertz CT molecular complexity index is 1220. The maximum atomic E-state index is 13.7. The average Bonchev–Trinajstić information content (AvgIpc) is 3.59. The number of carbonyl (C=O) groups excluding carboxylic acids is 2. The molecule has 1 aromatic heterocycles. The van der Waals surface area contributed by atoms with Gasteiger partial charge < -0.3 is 20.1 Å². The lowest BCUT2D eigenvalue weighted by molar-refractivity contribution is -0.119. The third kappa shape index (κ3) is 5.54. The van der Waals surface area contributed by atoms with Crippen molar-refractivity contribution in [3.63, 3.8) is 0 Å². The molecule has 2 aliphatic heterocycles. The van der Waals surface area contributed by atoms with Crippen LogP contribution >= 0.6 is 0 Å². The lowest BCUT2D eigenvalue weighted by Crippen LogP contribution is -2.49. The predicted octanol–water partition coefficient (Wildman–Crippen LogP) is 4.87. The molecule has 1 saturated carbocycles. The summed E-state index contributed by atoms with van der Waals surface area (Å²) in [5.74, 6) is 0.364. The first-order chi connectivity index (χ1) is 19.0. The van der Waals surface area contributed by atoms with Crippen LogP contribution in [0.3, 0.4) is 0 Å². The number of rotatable bonds is 6. The second-order valence-corrected chi connectivity index (χ2v) is 11.9. The third-order valence-electron chi connectivity index (χ3n) is 9.35. The van der Waals surface area contributed by atoms with E-state index in [9.17, 15) is 9.59 Å². The minimum absolute atomic E-state index is 0.0561. The minimum Gasteiger partial charge on any atom is -0.381 e. The SMILES string of the molecule is CC1CCC(C(NC(=O)c2cnn(C3CCOCC3)c2)C(=O)Nc2ccc3c(c2)C=CC32CCOCC2)CC1. The van der Waals surface area contributed by atoms with Crippen molar-refractivity contribution in [2.75, 3.05) is 31.7 Å². The average molecular weight is 533 g/mol. The van der Waals surface area contributed by atoms with Crippen LogP contribution in [0.5, 0.6) is 0 Å². The van der Waals surface area contributed by atoms with Gasteiger partial charge in [-0.05, 0) is 73.6 Å². The minimum atomic E-state index is -0.595. The highest BCUT2D eigenvalue weighted by Crippen LogP contribution is 2.44. The van der Waals surface area contributed by atoms with Gasteiger partial charge in [0.1, 0.15) is 6.04 Å². The Hall–Kier alpha value is -2.97. The number of ether oxygens (including phenoxy) is 2. The van der Waals surface area contributed by atoms with E-state index in [0.717, 1.165) is 75.8 Å². The van der Waals surface area contributed by atoms with Gasteiger partial charge in [0.15, 0.2) is 0 Å². The number of benzene rings is 1. The number of nitrogens with one attached hydrogen (secondary N) is 2. The Labute approximate surface area is 230 Å². The van der Waals surface area contributed by atoms with E-state index in [1.54, 1.807) is 6.20 Å². The van der Waals surface area contributed by atoms with E-state index in [0.29, 0.717) is 24.7 Å². The van der Waals surface area contributed by atoms with Crippen LogP contribution in [0.2, 0.25) is 0 Å². The molecule has 39 heavy (non-hydrogen) atoms. The van der Waals surface area contributed by atoms with Crippen molar-refractivity contribution in [1.29, 1.82) is 0 Å². The highest BCUT2D eigenvalue weighted by atomic mass is 16.5. The van der Waals surface area contributed by atoms with Gasteiger partial charge in [0.2, 0.25) is 5.91 Å². The molecule has 2 aromatic rings. The fourth-order valence-electron chi connectivity index (χ4n) is 6.81. The van der Waals surface area contributed by atoms with Crippen molar-refractivity contribution in [1.82, 2.24) is 15.1 Å². The van der Waals surface area contributed by atoms with E-state index >= 15 is 0 Å². The molecular weight excluding hydrogens is 492 g/mol. The Balaban J connectivity index is 1.17. The van der Waals surface area contributed by atoms with Gasteiger partial charge in [-0.15, -0.1) is 0 Å². The van der Waals surface area contributed by atoms with Gasteiger partial charge in [-0.25, -0.2) is 0 Å². The van der Waals surface area contributed by atoms with Crippen LogP contribution in [0.15, 0.2) is 36.7 Å². The molecule has 2 saturated heterocycles. The van der Waals surface area contributed by atoms with Gasteiger partial charge in [0, 0.05) is 43.7 Å². The molecule has 208 valence electrons. The lowest BCUT2D eigenvalue weighted by atomic mass is 9.76. The van der Waals surface area contributed by atoms with Gasteiger partial charge in [-0.1, -0.05) is 38.0 Å².